The van der Waals surface area contributed by atoms with Crippen LogP contribution in [0.4, 0.5) is 25.0 Å². The molecular weight excluding hydrogens is 472 g/mol. The number of hydrogen-bond donors (Lipinski definition) is 1. The molecule has 2 aliphatic heterocycles. The molecule has 0 saturated carbocycles. The lowest BCUT2D eigenvalue weighted by atomic mass is 9.74. The Bertz CT molecular complexity index is 1260. The van der Waals surface area contributed by atoms with Crippen molar-refractivity contribution in [1.29, 1.82) is 0 Å². The normalized spacial score (nSPS) is 16.9. The molecule has 1 fully saturated rings. The Morgan fingerprint density at radius 3 is 2.57 bits per heavy atom. The van der Waals surface area contributed by atoms with Gasteiger partial charge in [-0.1, -0.05) is 23.7 Å². The highest BCUT2D eigenvalue weighted by Crippen LogP contribution is 2.48. The minimum absolute atomic E-state index is 0.208. The number of carbonyl (C=O) groups is 1. The van der Waals surface area contributed by atoms with Gasteiger partial charge in [0, 0.05) is 34.9 Å². The molecule has 3 aromatic rings. The molecule has 1 spiro atoms. The van der Waals surface area contributed by atoms with Crippen molar-refractivity contribution in [2.24, 2.45) is 0 Å². The average molecular weight is 498 g/mol. The summed E-state index contributed by atoms with van der Waals surface area (Å²) in [6.07, 6.45) is 1.66. The van der Waals surface area contributed by atoms with Crippen molar-refractivity contribution in [2.45, 2.75) is 24.8 Å². The van der Waals surface area contributed by atoms with Crippen molar-refractivity contribution >= 4 is 29.0 Å². The molecule has 35 heavy (non-hydrogen) atoms. The highest BCUT2D eigenvalue weighted by atomic mass is 35.5. The smallest absolute Gasteiger partial charge is 0.326 e. The van der Waals surface area contributed by atoms with E-state index in [1.165, 1.54) is 12.1 Å². The zero-order valence-electron chi connectivity index (χ0n) is 19.4. The second-order valence-corrected chi connectivity index (χ2v) is 9.65. The van der Waals surface area contributed by atoms with Gasteiger partial charge >= 0.3 is 6.03 Å². The molecule has 5 rings (SSSR count). The van der Waals surface area contributed by atoms with E-state index in [2.05, 4.69) is 10.2 Å². The van der Waals surface area contributed by atoms with E-state index in [1.807, 2.05) is 18.2 Å². The zero-order chi connectivity index (χ0) is 24.6. The molecule has 1 N–H and O–H groups in total. The Hall–Kier alpha value is -3.16. The maximum Gasteiger partial charge on any atom is 0.326 e. The molecule has 0 unspecified atom stereocenters. The zero-order valence-corrected chi connectivity index (χ0v) is 20.1. The number of urea groups is 1. The van der Waals surface area contributed by atoms with Gasteiger partial charge in [-0.2, -0.15) is 0 Å². The van der Waals surface area contributed by atoms with Crippen molar-refractivity contribution in [1.82, 2.24) is 4.90 Å². The first-order valence-electron chi connectivity index (χ1n) is 11.6. The van der Waals surface area contributed by atoms with Gasteiger partial charge in [-0.15, -0.1) is 0 Å². The summed E-state index contributed by atoms with van der Waals surface area (Å²) in [6.45, 7) is 2.66. The van der Waals surface area contributed by atoms with Crippen molar-refractivity contribution in [3.8, 4) is 5.75 Å². The second kappa shape index (κ2) is 9.47. The molecule has 182 valence electrons. The molecule has 0 bridgehead atoms. The lowest BCUT2D eigenvalue weighted by Gasteiger charge is -2.40. The van der Waals surface area contributed by atoms with Crippen LogP contribution in [-0.2, 0) is 12.0 Å². The van der Waals surface area contributed by atoms with Crippen LogP contribution in [0.1, 0.15) is 24.0 Å². The van der Waals surface area contributed by atoms with Gasteiger partial charge in [0.25, 0.3) is 0 Å². The third kappa shape index (κ3) is 4.70. The number of nitrogens with zero attached hydrogens (tertiary/aromatic N) is 2. The Kier molecular flexibility index (Phi) is 6.38. The lowest BCUT2D eigenvalue weighted by Crippen LogP contribution is -2.46. The average Bonchev–Trinajstić information content (AvgIpc) is 3.16. The number of benzene rings is 3. The summed E-state index contributed by atoms with van der Waals surface area (Å²) in [5.41, 5.74) is 3.15. The van der Waals surface area contributed by atoms with Crippen molar-refractivity contribution in [3.63, 3.8) is 0 Å². The van der Waals surface area contributed by atoms with E-state index in [0.717, 1.165) is 48.5 Å². The highest BCUT2D eigenvalue weighted by molar-refractivity contribution is 6.30. The van der Waals surface area contributed by atoms with Gasteiger partial charge in [-0.25, -0.2) is 13.6 Å². The molecular formula is C27H26ClF2N3O2. The molecule has 0 aliphatic carbocycles. The predicted octanol–water partition coefficient (Wildman–Crippen LogP) is 6.21. The Morgan fingerprint density at radius 2 is 1.86 bits per heavy atom. The molecule has 1 saturated heterocycles. The minimum Gasteiger partial charge on any atom is -0.497 e. The molecule has 2 aliphatic rings. The summed E-state index contributed by atoms with van der Waals surface area (Å²) in [4.78, 5) is 17.3. The van der Waals surface area contributed by atoms with Crippen LogP contribution in [0.3, 0.4) is 0 Å². The third-order valence-electron chi connectivity index (χ3n) is 7.05. The van der Waals surface area contributed by atoms with E-state index in [9.17, 15) is 13.6 Å². The van der Waals surface area contributed by atoms with Crippen molar-refractivity contribution < 1.29 is 18.3 Å². The summed E-state index contributed by atoms with van der Waals surface area (Å²) in [5, 5.41) is 3.52. The number of nitrogens with one attached hydrogen (secondary N) is 1. The third-order valence-corrected chi connectivity index (χ3v) is 7.29. The van der Waals surface area contributed by atoms with Gasteiger partial charge in [0.1, 0.15) is 5.75 Å². The van der Waals surface area contributed by atoms with E-state index in [-0.39, 0.29) is 11.4 Å². The standard InChI is InChI=1S/C27H26ClF2N3O2/c1-35-21-6-8-25-22(15-21)27(17-33(25)26(34)31-20-4-2-3-19(28)14-20)9-11-32(12-10-27)16-18-5-7-23(29)24(30)13-18/h2-8,13-15H,9-12,16-17H2,1H3,(H,31,34). The van der Waals surface area contributed by atoms with E-state index in [4.69, 9.17) is 16.3 Å². The highest BCUT2D eigenvalue weighted by Gasteiger charge is 2.46. The number of carbonyl (C=O) groups excluding carboxylic acids is 1. The number of anilines is 2. The van der Waals surface area contributed by atoms with Gasteiger partial charge in [0.2, 0.25) is 0 Å². The first-order valence-corrected chi connectivity index (χ1v) is 11.9. The van der Waals surface area contributed by atoms with Crippen molar-refractivity contribution in [3.05, 3.63) is 88.4 Å². The van der Waals surface area contributed by atoms with E-state index < -0.39 is 11.6 Å². The van der Waals surface area contributed by atoms with Gasteiger partial charge in [0.05, 0.1) is 7.11 Å². The van der Waals surface area contributed by atoms with Crippen LogP contribution in [0.15, 0.2) is 60.7 Å². The van der Waals surface area contributed by atoms with E-state index in [1.54, 1.807) is 42.3 Å². The Balaban J connectivity index is 1.35. The molecule has 8 heteroatoms. The van der Waals surface area contributed by atoms with Crippen LogP contribution in [0.5, 0.6) is 5.75 Å². The van der Waals surface area contributed by atoms with Crippen LogP contribution >= 0.6 is 11.6 Å². The Labute approximate surface area is 208 Å². The molecule has 2 heterocycles. The maximum atomic E-state index is 13.7. The molecule has 3 aromatic carbocycles. The fourth-order valence-electron chi connectivity index (χ4n) is 5.18. The van der Waals surface area contributed by atoms with E-state index in [0.29, 0.717) is 23.8 Å². The number of methoxy groups -OCH3 is 1. The van der Waals surface area contributed by atoms with Gasteiger partial charge in [-0.05, 0) is 85.6 Å². The largest absolute Gasteiger partial charge is 0.497 e. The summed E-state index contributed by atoms with van der Waals surface area (Å²) in [5.74, 6) is -0.905. The quantitative estimate of drug-likeness (QED) is 0.466. The van der Waals surface area contributed by atoms with Gasteiger partial charge in [-0.3, -0.25) is 9.80 Å². The number of halogens is 3. The molecule has 5 nitrogen and oxygen atoms in total. The summed E-state index contributed by atoms with van der Waals surface area (Å²) in [7, 11) is 1.64. The lowest BCUT2D eigenvalue weighted by molar-refractivity contribution is 0.159. The molecule has 0 aromatic heterocycles. The monoisotopic (exact) mass is 497 g/mol. The number of hydrogen-bond acceptors (Lipinski definition) is 3. The minimum atomic E-state index is -0.834. The van der Waals surface area contributed by atoms with Crippen LogP contribution in [0.2, 0.25) is 5.02 Å². The first-order chi connectivity index (χ1) is 16.9. The first kappa shape index (κ1) is 23.6. The van der Waals surface area contributed by atoms with Gasteiger partial charge < -0.3 is 10.1 Å². The number of rotatable bonds is 4. The fourth-order valence-corrected chi connectivity index (χ4v) is 5.37. The summed E-state index contributed by atoms with van der Waals surface area (Å²) in [6, 6.07) is 16.8. The number of fused-ring (bicyclic) bond motifs is 2. The second-order valence-electron chi connectivity index (χ2n) is 9.21. The summed E-state index contributed by atoms with van der Waals surface area (Å²) >= 11 is 6.08. The number of amides is 2. The fraction of sp³-hybridized carbons (Fsp3) is 0.296. The summed E-state index contributed by atoms with van der Waals surface area (Å²) < 4.78 is 32.4. The molecule has 2 amide bonds. The van der Waals surface area contributed by atoms with E-state index >= 15 is 0 Å². The topological polar surface area (TPSA) is 44.8 Å². The molecule has 0 atom stereocenters. The van der Waals surface area contributed by atoms with Crippen LogP contribution < -0.4 is 15.0 Å². The predicted molar refractivity (Wildman–Crippen MR) is 133 cm³/mol. The number of likely N-dealkylation sites (tertiary alicyclic amines) is 1. The van der Waals surface area contributed by atoms with Crippen molar-refractivity contribution in [2.75, 3.05) is 37.0 Å². The van der Waals surface area contributed by atoms with Crippen LogP contribution in [-0.4, -0.2) is 37.7 Å². The van der Waals surface area contributed by atoms with Crippen LogP contribution in [0, 0.1) is 11.6 Å². The number of ether oxygens (including phenoxy) is 1. The maximum absolute atomic E-state index is 13.7. The molecule has 0 radical (unpaired) electrons. The Morgan fingerprint density at radius 1 is 1.06 bits per heavy atom. The van der Waals surface area contributed by atoms with Crippen LogP contribution in [0.25, 0.3) is 0 Å². The number of piperidine rings is 1. The SMILES string of the molecule is COc1ccc2c(c1)C1(CCN(Cc3ccc(F)c(F)c3)CC1)CN2C(=O)Nc1cccc(Cl)c1. The van der Waals surface area contributed by atoms with Gasteiger partial charge in [0.15, 0.2) is 11.6 Å².